The van der Waals surface area contributed by atoms with Crippen molar-refractivity contribution in [3.05, 3.63) is 47.8 Å². The molecule has 0 aliphatic carbocycles. The van der Waals surface area contributed by atoms with Crippen molar-refractivity contribution >= 4 is 10.8 Å². The molecule has 1 atom stereocenters. The van der Waals surface area contributed by atoms with E-state index in [1.807, 2.05) is 36.4 Å². The van der Waals surface area contributed by atoms with Crippen molar-refractivity contribution < 1.29 is 9.84 Å². The van der Waals surface area contributed by atoms with Crippen LogP contribution >= 0.6 is 0 Å². The normalized spacial score (nSPS) is 12.5. The van der Waals surface area contributed by atoms with E-state index in [0.717, 1.165) is 16.3 Å². The molecule has 0 amide bonds. The Balaban J connectivity index is 1.99. The number of ether oxygens (including phenoxy) is 1. The lowest BCUT2D eigenvalue weighted by Crippen LogP contribution is -2.03. The summed E-state index contributed by atoms with van der Waals surface area (Å²) < 4.78 is 5.87. The molecule has 0 saturated carbocycles. The summed E-state index contributed by atoms with van der Waals surface area (Å²) >= 11 is 0. The predicted molar refractivity (Wildman–Crippen MR) is 77.7 cm³/mol. The molecule has 1 heterocycles. The van der Waals surface area contributed by atoms with Gasteiger partial charge in [-0.05, 0) is 17.5 Å². The van der Waals surface area contributed by atoms with Gasteiger partial charge in [0.1, 0.15) is 5.75 Å². The predicted octanol–water partition coefficient (Wildman–Crippen LogP) is 2.00. The topological polar surface area (TPSA) is 73.1 Å². The average molecular weight is 284 g/mol. The van der Waals surface area contributed by atoms with Crippen LogP contribution in [0.3, 0.4) is 0 Å². The molecule has 0 spiro atoms. The molecule has 0 radical (unpaired) electrons. The Morgan fingerprint density at radius 2 is 2.05 bits per heavy atom. The molecule has 0 aliphatic heterocycles. The molecule has 2 aromatic carbocycles. The maximum absolute atomic E-state index is 9.94. The van der Waals surface area contributed by atoms with Crippen molar-refractivity contribution in [2.24, 2.45) is 7.05 Å². The third-order valence-electron chi connectivity index (χ3n) is 3.26. The number of aromatic nitrogens is 4. The van der Waals surface area contributed by atoms with Gasteiger partial charge in [-0.25, -0.2) is 0 Å². The quantitative estimate of drug-likeness (QED) is 0.793. The Bertz CT molecular complexity index is 767. The van der Waals surface area contributed by atoms with Crippen LogP contribution in [0.25, 0.3) is 10.8 Å². The molecular formula is C15H16N4O2. The van der Waals surface area contributed by atoms with Crippen LogP contribution in [0.4, 0.5) is 0 Å². The van der Waals surface area contributed by atoms with Crippen LogP contribution in [0.5, 0.6) is 5.75 Å². The van der Waals surface area contributed by atoms with Gasteiger partial charge in [0, 0.05) is 10.9 Å². The van der Waals surface area contributed by atoms with E-state index in [-0.39, 0.29) is 6.61 Å². The van der Waals surface area contributed by atoms with Gasteiger partial charge in [0.15, 0.2) is 6.61 Å². The number of fused-ring (bicyclic) bond motifs is 1. The SMILES string of the molecule is C[C@@H](O)c1ccc2ccccc2c1OCc1nnn(C)n1. The third-order valence-corrected chi connectivity index (χ3v) is 3.26. The van der Waals surface area contributed by atoms with E-state index in [1.54, 1.807) is 14.0 Å². The molecule has 0 saturated heterocycles. The van der Waals surface area contributed by atoms with E-state index in [1.165, 1.54) is 4.80 Å². The minimum absolute atomic E-state index is 0.210. The zero-order valence-electron chi connectivity index (χ0n) is 11.9. The van der Waals surface area contributed by atoms with E-state index in [2.05, 4.69) is 15.4 Å². The minimum atomic E-state index is -0.612. The number of benzene rings is 2. The second kappa shape index (κ2) is 5.49. The molecule has 0 unspecified atom stereocenters. The van der Waals surface area contributed by atoms with Gasteiger partial charge >= 0.3 is 0 Å². The van der Waals surface area contributed by atoms with Crippen LogP contribution in [0, 0.1) is 0 Å². The number of hydrogen-bond donors (Lipinski definition) is 1. The molecule has 6 nitrogen and oxygen atoms in total. The number of rotatable bonds is 4. The smallest absolute Gasteiger partial charge is 0.212 e. The highest BCUT2D eigenvalue weighted by Gasteiger charge is 2.14. The summed E-state index contributed by atoms with van der Waals surface area (Å²) in [6.07, 6.45) is -0.612. The molecule has 1 aromatic heterocycles. The Hall–Kier alpha value is -2.47. The number of nitrogens with zero attached hydrogens (tertiary/aromatic N) is 4. The van der Waals surface area contributed by atoms with Crippen molar-refractivity contribution in [1.29, 1.82) is 0 Å². The van der Waals surface area contributed by atoms with Crippen LogP contribution in [-0.4, -0.2) is 25.3 Å². The van der Waals surface area contributed by atoms with E-state index in [0.29, 0.717) is 11.6 Å². The third kappa shape index (κ3) is 2.71. The molecule has 0 bridgehead atoms. The molecule has 3 rings (SSSR count). The summed E-state index contributed by atoms with van der Waals surface area (Å²) in [5.41, 5.74) is 0.748. The number of hydrogen-bond acceptors (Lipinski definition) is 5. The van der Waals surface area contributed by atoms with Crippen LogP contribution < -0.4 is 4.74 Å². The molecule has 21 heavy (non-hydrogen) atoms. The maximum Gasteiger partial charge on any atom is 0.212 e. The standard InChI is InChI=1S/C15H16N4O2/c1-10(20)12-8-7-11-5-3-4-6-13(11)15(12)21-9-14-16-18-19(2)17-14/h3-8,10,20H,9H2,1-2H3/t10-/m1/s1. The summed E-state index contributed by atoms with van der Waals surface area (Å²) in [7, 11) is 1.70. The summed E-state index contributed by atoms with van der Waals surface area (Å²) in [6, 6.07) is 11.8. The van der Waals surface area contributed by atoms with Gasteiger partial charge in [0.25, 0.3) is 0 Å². The fourth-order valence-corrected chi connectivity index (χ4v) is 2.27. The minimum Gasteiger partial charge on any atom is -0.484 e. The van der Waals surface area contributed by atoms with Crippen LogP contribution in [0.2, 0.25) is 0 Å². The molecule has 0 fully saturated rings. The van der Waals surface area contributed by atoms with Crippen molar-refractivity contribution in [2.75, 3.05) is 0 Å². The van der Waals surface area contributed by atoms with Crippen LogP contribution in [0.1, 0.15) is 24.4 Å². The second-order valence-electron chi connectivity index (χ2n) is 4.86. The molecule has 0 aliphatic rings. The summed E-state index contributed by atoms with van der Waals surface area (Å²) in [6.45, 7) is 1.93. The molecule has 1 N–H and O–H groups in total. The first kappa shape index (κ1) is 13.5. The average Bonchev–Trinajstić information content (AvgIpc) is 2.90. The van der Waals surface area contributed by atoms with E-state index >= 15 is 0 Å². The summed E-state index contributed by atoms with van der Waals surface area (Å²) in [5.74, 6) is 1.16. The first-order valence-electron chi connectivity index (χ1n) is 6.70. The van der Waals surface area contributed by atoms with Crippen molar-refractivity contribution in [3.63, 3.8) is 0 Å². The lowest BCUT2D eigenvalue weighted by atomic mass is 10.0. The second-order valence-corrected chi connectivity index (χ2v) is 4.86. The number of aliphatic hydroxyl groups is 1. The van der Waals surface area contributed by atoms with Gasteiger partial charge in [-0.15, -0.1) is 10.2 Å². The molecule has 108 valence electrons. The number of aryl methyl sites for hydroxylation is 1. The van der Waals surface area contributed by atoms with Gasteiger partial charge in [-0.3, -0.25) is 0 Å². The largest absolute Gasteiger partial charge is 0.484 e. The lowest BCUT2D eigenvalue weighted by Gasteiger charge is -2.15. The Morgan fingerprint density at radius 1 is 1.24 bits per heavy atom. The van der Waals surface area contributed by atoms with Gasteiger partial charge in [-0.2, -0.15) is 4.80 Å². The maximum atomic E-state index is 9.94. The van der Waals surface area contributed by atoms with Crippen LogP contribution in [-0.2, 0) is 13.7 Å². The Labute approximate surface area is 122 Å². The van der Waals surface area contributed by atoms with Gasteiger partial charge in [0.05, 0.1) is 13.2 Å². The summed E-state index contributed by atoms with van der Waals surface area (Å²) in [4.78, 5) is 1.39. The Kier molecular flexibility index (Phi) is 3.53. The Morgan fingerprint density at radius 3 is 2.76 bits per heavy atom. The zero-order chi connectivity index (χ0) is 14.8. The van der Waals surface area contributed by atoms with Crippen molar-refractivity contribution in [2.45, 2.75) is 19.6 Å². The van der Waals surface area contributed by atoms with Crippen LogP contribution in [0.15, 0.2) is 36.4 Å². The lowest BCUT2D eigenvalue weighted by molar-refractivity contribution is 0.190. The van der Waals surface area contributed by atoms with Gasteiger partial charge in [-0.1, -0.05) is 36.4 Å². The van der Waals surface area contributed by atoms with E-state index in [9.17, 15) is 5.11 Å². The highest BCUT2D eigenvalue weighted by Crippen LogP contribution is 2.33. The van der Waals surface area contributed by atoms with Crippen molar-refractivity contribution in [1.82, 2.24) is 20.2 Å². The van der Waals surface area contributed by atoms with E-state index in [4.69, 9.17) is 4.74 Å². The fourth-order valence-electron chi connectivity index (χ4n) is 2.27. The molecule has 3 aromatic rings. The molecular weight excluding hydrogens is 268 g/mol. The first-order chi connectivity index (χ1) is 10.1. The molecule has 6 heteroatoms. The number of aliphatic hydroxyl groups excluding tert-OH is 1. The van der Waals surface area contributed by atoms with Crippen molar-refractivity contribution in [3.8, 4) is 5.75 Å². The highest BCUT2D eigenvalue weighted by atomic mass is 16.5. The highest BCUT2D eigenvalue weighted by molar-refractivity contribution is 5.89. The first-order valence-corrected chi connectivity index (χ1v) is 6.70. The zero-order valence-corrected chi connectivity index (χ0v) is 11.9. The fraction of sp³-hybridized carbons (Fsp3) is 0.267. The monoisotopic (exact) mass is 284 g/mol. The van der Waals surface area contributed by atoms with Gasteiger partial charge in [0.2, 0.25) is 5.82 Å². The van der Waals surface area contributed by atoms with Gasteiger partial charge < -0.3 is 9.84 Å². The summed E-state index contributed by atoms with van der Waals surface area (Å²) in [5, 5.41) is 23.7. The number of tetrazole rings is 1. The van der Waals surface area contributed by atoms with E-state index < -0.39 is 6.10 Å².